The Bertz CT molecular complexity index is 660. The van der Waals surface area contributed by atoms with Crippen molar-refractivity contribution in [1.82, 2.24) is 9.97 Å². The van der Waals surface area contributed by atoms with Gasteiger partial charge in [-0.25, -0.2) is 5.84 Å². The molecule has 8 heteroatoms. The van der Waals surface area contributed by atoms with Crippen LogP contribution in [0, 0.1) is 24.0 Å². The van der Waals surface area contributed by atoms with E-state index in [1.165, 1.54) is 18.5 Å². The van der Waals surface area contributed by atoms with E-state index in [1.54, 1.807) is 19.9 Å². The minimum absolute atomic E-state index is 0.0540. The lowest BCUT2D eigenvalue weighted by atomic mass is 10.1. The number of hydrazine groups is 1. The number of aryl methyl sites for hydroxylation is 2. The standard InChI is InChI=1S/C12H13N5O3/c1-7-4-10(8(2)3-9(7)17(18)19)20-12-6-14-5-11(15-12)16-13/h3-6H,13H2,1-2H3,(H,15,16). The number of benzene rings is 1. The Morgan fingerprint density at radius 1 is 1.30 bits per heavy atom. The van der Waals surface area contributed by atoms with E-state index in [2.05, 4.69) is 15.4 Å². The highest BCUT2D eigenvalue weighted by Gasteiger charge is 2.14. The average Bonchev–Trinajstić information content (AvgIpc) is 2.42. The van der Waals surface area contributed by atoms with Gasteiger partial charge in [-0.05, 0) is 25.5 Å². The molecule has 8 nitrogen and oxygen atoms in total. The Balaban J connectivity index is 2.34. The van der Waals surface area contributed by atoms with Crippen LogP contribution in [0.25, 0.3) is 0 Å². The Morgan fingerprint density at radius 3 is 2.70 bits per heavy atom. The molecule has 1 aromatic heterocycles. The fourth-order valence-electron chi connectivity index (χ4n) is 1.66. The van der Waals surface area contributed by atoms with Crippen LogP contribution >= 0.6 is 0 Å². The van der Waals surface area contributed by atoms with Gasteiger partial charge in [-0.1, -0.05) is 0 Å². The largest absolute Gasteiger partial charge is 0.437 e. The maximum absolute atomic E-state index is 10.8. The number of nitrogens with zero attached hydrogens (tertiary/aromatic N) is 3. The maximum Gasteiger partial charge on any atom is 0.272 e. The number of rotatable bonds is 4. The number of nitrogens with two attached hydrogens (primary N) is 1. The molecule has 104 valence electrons. The minimum Gasteiger partial charge on any atom is -0.437 e. The molecule has 0 aliphatic rings. The van der Waals surface area contributed by atoms with Crippen molar-refractivity contribution in [3.8, 4) is 11.6 Å². The van der Waals surface area contributed by atoms with Crippen LogP contribution in [0.3, 0.4) is 0 Å². The third-order valence-electron chi connectivity index (χ3n) is 2.67. The first-order valence-electron chi connectivity index (χ1n) is 5.73. The number of nitro benzene ring substituents is 1. The smallest absolute Gasteiger partial charge is 0.272 e. The number of nitrogens with one attached hydrogen (secondary N) is 1. The van der Waals surface area contributed by atoms with Crippen LogP contribution in [-0.4, -0.2) is 14.9 Å². The molecule has 0 radical (unpaired) electrons. The number of hydrogen-bond donors (Lipinski definition) is 2. The Labute approximate surface area is 114 Å². The van der Waals surface area contributed by atoms with Gasteiger partial charge in [-0.3, -0.25) is 15.1 Å². The zero-order valence-corrected chi connectivity index (χ0v) is 11.0. The molecule has 0 fully saturated rings. The molecular formula is C12H13N5O3. The summed E-state index contributed by atoms with van der Waals surface area (Å²) in [5.74, 6) is 6.33. The molecule has 0 atom stereocenters. The summed E-state index contributed by atoms with van der Waals surface area (Å²) in [6, 6.07) is 3.06. The molecule has 1 heterocycles. The van der Waals surface area contributed by atoms with Crippen LogP contribution in [0.5, 0.6) is 11.6 Å². The lowest BCUT2D eigenvalue weighted by Gasteiger charge is -2.09. The van der Waals surface area contributed by atoms with Gasteiger partial charge in [0.25, 0.3) is 5.69 Å². The van der Waals surface area contributed by atoms with Crippen LogP contribution in [-0.2, 0) is 0 Å². The monoisotopic (exact) mass is 275 g/mol. The van der Waals surface area contributed by atoms with Crippen molar-refractivity contribution < 1.29 is 9.66 Å². The molecule has 2 aromatic rings. The van der Waals surface area contributed by atoms with Gasteiger partial charge in [0.2, 0.25) is 5.88 Å². The van der Waals surface area contributed by atoms with Gasteiger partial charge >= 0.3 is 0 Å². The normalized spacial score (nSPS) is 10.2. The SMILES string of the molecule is Cc1cc([N+](=O)[O-])c(C)cc1Oc1cncc(NN)n1. The third-order valence-corrected chi connectivity index (χ3v) is 2.67. The van der Waals surface area contributed by atoms with Gasteiger partial charge in [0.15, 0.2) is 5.82 Å². The van der Waals surface area contributed by atoms with E-state index >= 15 is 0 Å². The van der Waals surface area contributed by atoms with Crippen molar-refractivity contribution in [2.45, 2.75) is 13.8 Å². The van der Waals surface area contributed by atoms with Gasteiger partial charge in [-0.2, -0.15) is 4.98 Å². The van der Waals surface area contributed by atoms with Crippen LogP contribution in [0.15, 0.2) is 24.5 Å². The molecular weight excluding hydrogens is 262 g/mol. The number of aromatic nitrogens is 2. The lowest BCUT2D eigenvalue weighted by molar-refractivity contribution is -0.385. The van der Waals surface area contributed by atoms with Crippen LogP contribution in [0.1, 0.15) is 11.1 Å². The molecule has 0 aliphatic carbocycles. The summed E-state index contributed by atoms with van der Waals surface area (Å²) < 4.78 is 5.58. The highest BCUT2D eigenvalue weighted by molar-refractivity contribution is 5.50. The summed E-state index contributed by atoms with van der Waals surface area (Å²) in [6.07, 6.45) is 2.87. The zero-order chi connectivity index (χ0) is 14.7. The van der Waals surface area contributed by atoms with Gasteiger partial charge < -0.3 is 10.2 Å². The van der Waals surface area contributed by atoms with E-state index in [9.17, 15) is 10.1 Å². The second kappa shape index (κ2) is 5.49. The van der Waals surface area contributed by atoms with Crippen LogP contribution in [0.4, 0.5) is 11.5 Å². The van der Waals surface area contributed by atoms with Crippen LogP contribution < -0.4 is 16.0 Å². The minimum atomic E-state index is -0.426. The molecule has 0 unspecified atom stereocenters. The van der Waals surface area contributed by atoms with E-state index in [4.69, 9.17) is 10.6 Å². The summed E-state index contributed by atoms with van der Waals surface area (Å²) in [6.45, 7) is 3.37. The second-order valence-electron chi connectivity index (χ2n) is 4.15. The van der Waals surface area contributed by atoms with E-state index in [-0.39, 0.29) is 11.6 Å². The van der Waals surface area contributed by atoms with Crippen molar-refractivity contribution in [2.75, 3.05) is 5.43 Å². The number of hydrogen-bond acceptors (Lipinski definition) is 7. The van der Waals surface area contributed by atoms with Crippen molar-refractivity contribution in [3.05, 3.63) is 45.8 Å². The number of nitrogen functional groups attached to an aromatic ring is 1. The molecule has 20 heavy (non-hydrogen) atoms. The van der Waals surface area contributed by atoms with Crippen molar-refractivity contribution in [3.63, 3.8) is 0 Å². The lowest BCUT2D eigenvalue weighted by Crippen LogP contribution is -2.09. The number of ether oxygens (including phenoxy) is 1. The first kappa shape index (κ1) is 13.7. The topological polar surface area (TPSA) is 116 Å². The van der Waals surface area contributed by atoms with E-state index < -0.39 is 4.92 Å². The van der Waals surface area contributed by atoms with Crippen molar-refractivity contribution >= 4 is 11.5 Å². The number of anilines is 1. The Kier molecular flexibility index (Phi) is 3.76. The van der Waals surface area contributed by atoms with Gasteiger partial charge in [-0.15, -0.1) is 0 Å². The second-order valence-corrected chi connectivity index (χ2v) is 4.15. The molecule has 0 saturated carbocycles. The molecule has 3 N–H and O–H groups in total. The Morgan fingerprint density at radius 2 is 2.05 bits per heavy atom. The molecule has 0 bridgehead atoms. The summed E-state index contributed by atoms with van der Waals surface area (Å²) in [5.41, 5.74) is 3.56. The zero-order valence-electron chi connectivity index (χ0n) is 11.0. The van der Waals surface area contributed by atoms with Gasteiger partial charge in [0.1, 0.15) is 5.75 Å². The predicted octanol–water partition coefficient (Wildman–Crippen LogP) is 2.08. The van der Waals surface area contributed by atoms with E-state index in [0.717, 1.165) is 0 Å². The number of nitro groups is 1. The first-order chi connectivity index (χ1) is 9.51. The molecule has 0 aliphatic heterocycles. The first-order valence-corrected chi connectivity index (χ1v) is 5.73. The van der Waals surface area contributed by atoms with E-state index in [0.29, 0.717) is 22.7 Å². The van der Waals surface area contributed by atoms with Gasteiger partial charge in [0.05, 0.1) is 17.3 Å². The average molecular weight is 275 g/mol. The van der Waals surface area contributed by atoms with Gasteiger partial charge in [0, 0.05) is 11.6 Å². The highest BCUT2D eigenvalue weighted by atomic mass is 16.6. The van der Waals surface area contributed by atoms with E-state index in [1.807, 2.05) is 0 Å². The fraction of sp³-hybridized carbons (Fsp3) is 0.167. The molecule has 0 amide bonds. The fourth-order valence-corrected chi connectivity index (χ4v) is 1.66. The predicted molar refractivity (Wildman–Crippen MR) is 72.5 cm³/mol. The third kappa shape index (κ3) is 2.81. The van der Waals surface area contributed by atoms with Crippen molar-refractivity contribution in [2.24, 2.45) is 5.84 Å². The molecule has 2 rings (SSSR count). The summed E-state index contributed by atoms with van der Waals surface area (Å²) in [7, 11) is 0. The summed E-state index contributed by atoms with van der Waals surface area (Å²) in [5, 5.41) is 10.8. The highest BCUT2D eigenvalue weighted by Crippen LogP contribution is 2.30. The summed E-state index contributed by atoms with van der Waals surface area (Å²) in [4.78, 5) is 18.4. The quantitative estimate of drug-likeness (QED) is 0.498. The molecule has 0 spiro atoms. The summed E-state index contributed by atoms with van der Waals surface area (Å²) >= 11 is 0. The molecule has 1 aromatic carbocycles. The molecule has 0 saturated heterocycles. The van der Waals surface area contributed by atoms with Crippen molar-refractivity contribution in [1.29, 1.82) is 0 Å². The van der Waals surface area contributed by atoms with Crippen LogP contribution in [0.2, 0.25) is 0 Å². The maximum atomic E-state index is 10.8. The Hall–Kier alpha value is -2.74.